The van der Waals surface area contributed by atoms with E-state index in [-0.39, 0.29) is 33.3 Å². The van der Waals surface area contributed by atoms with Gasteiger partial charge in [0.05, 0.1) is 10.3 Å². The van der Waals surface area contributed by atoms with Crippen molar-refractivity contribution in [1.82, 2.24) is 9.55 Å². The number of aromatic nitrogens is 2. The van der Waals surface area contributed by atoms with E-state index < -0.39 is 15.3 Å². The summed E-state index contributed by atoms with van der Waals surface area (Å²) in [5.41, 5.74) is 2.17. The lowest BCUT2D eigenvalue weighted by atomic mass is 10.2. The van der Waals surface area contributed by atoms with Crippen LogP contribution < -0.4 is 10.7 Å². The second-order valence-electron chi connectivity index (χ2n) is 7.96. The van der Waals surface area contributed by atoms with Crippen molar-refractivity contribution in [1.29, 1.82) is 0 Å². The highest BCUT2D eigenvalue weighted by Crippen LogP contribution is 2.24. The molecule has 0 unspecified atom stereocenters. The summed E-state index contributed by atoms with van der Waals surface area (Å²) in [6.45, 7) is 5.03. The minimum absolute atomic E-state index is 0.0688. The van der Waals surface area contributed by atoms with Gasteiger partial charge in [0.15, 0.2) is 0 Å². The fraction of sp³-hybridized carbons (Fsp3) is 0.160. The smallest absolute Gasteiger partial charge is 0.244 e. The molecule has 1 amide bonds. The van der Waals surface area contributed by atoms with Crippen LogP contribution in [0.2, 0.25) is 0 Å². The van der Waals surface area contributed by atoms with Crippen LogP contribution >= 0.6 is 0 Å². The van der Waals surface area contributed by atoms with Crippen LogP contribution in [0.25, 0.3) is 11.0 Å². The first-order valence-corrected chi connectivity index (χ1v) is 11.8. The lowest BCUT2D eigenvalue weighted by molar-refractivity contribution is -0.116. The van der Waals surface area contributed by atoms with Gasteiger partial charge in [-0.2, -0.15) is 0 Å². The zero-order chi connectivity index (χ0) is 23.8. The van der Waals surface area contributed by atoms with Crippen molar-refractivity contribution in [2.45, 2.75) is 37.1 Å². The summed E-state index contributed by atoms with van der Waals surface area (Å²) < 4.78 is 28.5. The predicted molar refractivity (Wildman–Crippen MR) is 127 cm³/mol. The Morgan fingerprint density at radius 2 is 1.70 bits per heavy atom. The standard InChI is InChI=1S/C25H23N3O4S/c1-16-9-10-17(2)21(13-16)33(31,32)22-14-28(15-23(29)27-19-7-5-4-6-8-19)25-20(24(22)30)12-11-18(3)26-25/h4-14H,15H2,1-3H3,(H,27,29). The number of nitrogens with zero attached hydrogens (tertiary/aromatic N) is 2. The zero-order valence-corrected chi connectivity index (χ0v) is 19.3. The minimum Gasteiger partial charge on any atom is -0.325 e. The molecule has 7 nitrogen and oxygen atoms in total. The van der Waals surface area contributed by atoms with Gasteiger partial charge in [-0.25, -0.2) is 13.4 Å². The summed E-state index contributed by atoms with van der Waals surface area (Å²) in [4.78, 5) is 30.1. The van der Waals surface area contributed by atoms with Gasteiger partial charge < -0.3 is 9.88 Å². The number of carbonyl (C=O) groups is 1. The van der Waals surface area contributed by atoms with Gasteiger partial charge in [0, 0.05) is 17.6 Å². The molecule has 0 saturated carbocycles. The quantitative estimate of drug-likeness (QED) is 0.488. The van der Waals surface area contributed by atoms with Crippen molar-refractivity contribution in [2.75, 3.05) is 5.32 Å². The molecule has 0 aliphatic rings. The maximum Gasteiger partial charge on any atom is 0.244 e. The Morgan fingerprint density at radius 1 is 0.970 bits per heavy atom. The molecular weight excluding hydrogens is 438 g/mol. The third-order valence-corrected chi connectivity index (χ3v) is 7.21. The molecule has 0 radical (unpaired) electrons. The predicted octanol–water partition coefficient (Wildman–Crippen LogP) is 3.79. The van der Waals surface area contributed by atoms with Gasteiger partial charge in [0.2, 0.25) is 21.2 Å². The maximum absolute atomic E-state index is 13.5. The molecule has 0 bridgehead atoms. The molecule has 2 aromatic carbocycles. The number of nitrogens with one attached hydrogen (secondary N) is 1. The number of hydrogen-bond acceptors (Lipinski definition) is 5. The number of para-hydroxylation sites is 1. The molecule has 0 fully saturated rings. The fourth-order valence-corrected chi connectivity index (χ4v) is 5.33. The second kappa shape index (κ2) is 8.63. The van der Waals surface area contributed by atoms with Gasteiger partial charge in [0.25, 0.3) is 0 Å². The van der Waals surface area contributed by atoms with Gasteiger partial charge >= 0.3 is 0 Å². The zero-order valence-electron chi connectivity index (χ0n) is 18.5. The van der Waals surface area contributed by atoms with Crippen LogP contribution in [0.3, 0.4) is 0 Å². The number of anilines is 1. The SMILES string of the molecule is Cc1ccc(C)c(S(=O)(=O)c2cn(CC(=O)Nc3ccccc3)c3nc(C)ccc3c2=O)c1. The van der Waals surface area contributed by atoms with Crippen molar-refractivity contribution in [3.05, 3.63) is 93.9 Å². The number of benzene rings is 2. The van der Waals surface area contributed by atoms with Crippen LogP contribution in [0.4, 0.5) is 5.69 Å². The summed E-state index contributed by atoms with van der Waals surface area (Å²) in [6.07, 6.45) is 1.22. The first-order valence-electron chi connectivity index (χ1n) is 10.3. The highest BCUT2D eigenvalue weighted by Gasteiger charge is 2.26. The second-order valence-corrected chi connectivity index (χ2v) is 9.85. The van der Waals surface area contributed by atoms with Crippen LogP contribution in [0, 0.1) is 20.8 Å². The minimum atomic E-state index is -4.13. The number of sulfone groups is 1. The molecule has 0 atom stereocenters. The molecule has 2 aromatic heterocycles. The van der Waals surface area contributed by atoms with Gasteiger partial charge in [-0.1, -0.05) is 30.3 Å². The highest BCUT2D eigenvalue weighted by molar-refractivity contribution is 7.91. The number of rotatable bonds is 5. The Hall–Kier alpha value is -3.78. The van der Waals surface area contributed by atoms with Crippen LogP contribution in [0.5, 0.6) is 0 Å². The normalized spacial score (nSPS) is 11.5. The molecule has 0 aliphatic carbocycles. The van der Waals surface area contributed by atoms with Gasteiger partial charge in [-0.15, -0.1) is 0 Å². The van der Waals surface area contributed by atoms with E-state index in [1.807, 2.05) is 12.1 Å². The number of amides is 1. The molecule has 4 aromatic rings. The van der Waals surface area contributed by atoms with Crippen molar-refractivity contribution in [3.63, 3.8) is 0 Å². The fourth-order valence-electron chi connectivity index (χ4n) is 3.64. The van der Waals surface area contributed by atoms with Crippen LogP contribution in [-0.4, -0.2) is 23.9 Å². The van der Waals surface area contributed by atoms with Gasteiger partial charge in [-0.3, -0.25) is 9.59 Å². The monoisotopic (exact) mass is 461 g/mol. The molecule has 8 heteroatoms. The molecule has 0 saturated heterocycles. The lowest BCUT2D eigenvalue weighted by Gasteiger charge is -2.15. The van der Waals surface area contributed by atoms with E-state index >= 15 is 0 Å². The molecule has 2 heterocycles. The lowest BCUT2D eigenvalue weighted by Crippen LogP contribution is -2.24. The number of fused-ring (bicyclic) bond motifs is 1. The molecular formula is C25H23N3O4S. The van der Waals surface area contributed by atoms with E-state index in [4.69, 9.17) is 0 Å². The largest absolute Gasteiger partial charge is 0.325 e. The Balaban J connectivity index is 1.87. The number of pyridine rings is 2. The average molecular weight is 462 g/mol. The number of aryl methyl sites for hydroxylation is 3. The molecule has 0 aliphatic heterocycles. The van der Waals surface area contributed by atoms with Gasteiger partial charge in [0.1, 0.15) is 17.1 Å². The number of carbonyl (C=O) groups excluding carboxylic acids is 1. The van der Waals surface area contributed by atoms with Gasteiger partial charge in [-0.05, 0) is 62.2 Å². The van der Waals surface area contributed by atoms with Crippen LogP contribution in [0.15, 0.2) is 81.4 Å². The van der Waals surface area contributed by atoms with Crippen LogP contribution in [0.1, 0.15) is 16.8 Å². The molecule has 0 spiro atoms. The maximum atomic E-state index is 13.5. The number of hydrogen-bond donors (Lipinski definition) is 1. The summed E-state index contributed by atoms with van der Waals surface area (Å²) in [5, 5.41) is 2.91. The average Bonchev–Trinajstić information content (AvgIpc) is 2.77. The highest BCUT2D eigenvalue weighted by atomic mass is 32.2. The molecule has 33 heavy (non-hydrogen) atoms. The topological polar surface area (TPSA) is 98.1 Å². The summed E-state index contributed by atoms with van der Waals surface area (Å²) in [6, 6.07) is 17.2. The molecule has 168 valence electrons. The Labute approximate surface area is 191 Å². The van der Waals surface area contributed by atoms with Crippen molar-refractivity contribution in [3.8, 4) is 0 Å². The molecule has 4 rings (SSSR count). The Morgan fingerprint density at radius 3 is 2.42 bits per heavy atom. The third kappa shape index (κ3) is 4.42. The van der Waals surface area contributed by atoms with Crippen molar-refractivity contribution < 1.29 is 13.2 Å². The van der Waals surface area contributed by atoms with E-state index in [9.17, 15) is 18.0 Å². The van der Waals surface area contributed by atoms with E-state index in [0.717, 1.165) is 5.56 Å². The molecule has 1 N–H and O–H groups in total. The summed E-state index contributed by atoms with van der Waals surface area (Å²) in [7, 11) is -4.13. The van der Waals surface area contributed by atoms with E-state index in [0.29, 0.717) is 16.9 Å². The van der Waals surface area contributed by atoms with Crippen molar-refractivity contribution in [2.24, 2.45) is 0 Å². The first kappa shape index (κ1) is 22.4. The summed E-state index contributed by atoms with van der Waals surface area (Å²) in [5.74, 6) is -0.371. The van der Waals surface area contributed by atoms with Crippen molar-refractivity contribution >= 4 is 32.5 Å². The first-order chi connectivity index (χ1) is 15.7. The van der Waals surface area contributed by atoms with E-state index in [2.05, 4.69) is 10.3 Å². The van der Waals surface area contributed by atoms with Crippen LogP contribution in [-0.2, 0) is 21.2 Å². The Kier molecular flexibility index (Phi) is 5.86. The van der Waals surface area contributed by atoms with E-state index in [1.54, 1.807) is 69.3 Å². The Bertz CT molecular complexity index is 1540. The summed E-state index contributed by atoms with van der Waals surface area (Å²) >= 11 is 0. The van der Waals surface area contributed by atoms with E-state index in [1.165, 1.54) is 10.8 Å². The third-order valence-electron chi connectivity index (χ3n) is 5.32.